The number of hydrogen-bond donors (Lipinski definition) is 4. The maximum absolute atomic E-state index is 12.1. The zero-order valence-corrected chi connectivity index (χ0v) is 19.3. The smallest absolute Gasteiger partial charge is 0.329 e. The number of nitrogens with zero attached hydrogens (tertiary/aromatic N) is 1. The third-order valence-electron chi connectivity index (χ3n) is 4.94. The number of furan rings is 1. The minimum absolute atomic E-state index is 0.0265. The highest BCUT2D eigenvalue weighted by Gasteiger charge is 2.15. The quantitative estimate of drug-likeness (QED) is 0.235. The monoisotopic (exact) mass is 475 g/mol. The van der Waals surface area contributed by atoms with E-state index in [4.69, 9.17) is 4.42 Å². The molecule has 0 unspecified atom stereocenters. The molecule has 10 heteroatoms. The van der Waals surface area contributed by atoms with Crippen LogP contribution in [-0.4, -0.2) is 29.8 Å². The van der Waals surface area contributed by atoms with Gasteiger partial charge in [0.1, 0.15) is 11.5 Å². The Morgan fingerprint density at radius 3 is 2.26 bits per heavy atom. The SMILES string of the molecule is Cc1ccc(NC(=O)C(=O)NCc2ccc(/C=N/NC(=O)C(=O)NCc3ccccc3)o2)cc1C. The molecule has 0 bridgehead atoms. The summed E-state index contributed by atoms with van der Waals surface area (Å²) in [5, 5.41) is 11.2. The van der Waals surface area contributed by atoms with Crippen molar-refractivity contribution in [2.75, 3.05) is 5.32 Å². The molecule has 10 nitrogen and oxygen atoms in total. The van der Waals surface area contributed by atoms with Crippen molar-refractivity contribution in [3.05, 3.63) is 88.9 Å². The van der Waals surface area contributed by atoms with E-state index in [-0.39, 0.29) is 18.8 Å². The number of hydrazone groups is 1. The van der Waals surface area contributed by atoms with Crippen LogP contribution in [0.3, 0.4) is 0 Å². The van der Waals surface area contributed by atoms with Gasteiger partial charge < -0.3 is 20.4 Å². The number of carbonyl (C=O) groups excluding carboxylic acids is 4. The summed E-state index contributed by atoms with van der Waals surface area (Å²) >= 11 is 0. The van der Waals surface area contributed by atoms with Crippen LogP contribution in [0.4, 0.5) is 5.69 Å². The lowest BCUT2D eigenvalue weighted by Crippen LogP contribution is -2.37. The Balaban J connectivity index is 1.41. The average molecular weight is 476 g/mol. The van der Waals surface area contributed by atoms with E-state index in [9.17, 15) is 19.2 Å². The molecule has 0 radical (unpaired) electrons. The van der Waals surface area contributed by atoms with Crippen LogP contribution in [-0.2, 0) is 32.3 Å². The minimum Gasteiger partial charge on any atom is -0.458 e. The van der Waals surface area contributed by atoms with Crippen molar-refractivity contribution >= 4 is 35.5 Å². The first-order valence-electron chi connectivity index (χ1n) is 10.7. The number of hydrogen-bond acceptors (Lipinski definition) is 6. The average Bonchev–Trinajstić information content (AvgIpc) is 3.31. The first kappa shape index (κ1) is 24.9. The Bertz CT molecular complexity index is 1250. The molecule has 180 valence electrons. The lowest BCUT2D eigenvalue weighted by Gasteiger charge is -2.07. The summed E-state index contributed by atoms with van der Waals surface area (Å²) in [5.41, 5.74) is 5.57. The van der Waals surface area contributed by atoms with Gasteiger partial charge in [0.05, 0.1) is 12.8 Å². The van der Waals surface area contributed by atoms with Crippen molar-refractivity contribution in [3.63, 3.8) is 0 Å². The van der Waals surface area contributed by atoms with Gasteiger partial charge in [-0.25, -0.2) is 5.43 Å². The molecule has 0 atom stereocenters. The summed E-state index contributed by atoms with van der Waals surface area (Å²) in [6.07, 6.45) is 1.21. The third kappa shape index (κ3) is 7.67. The molecule has 3 rings (SSSR count). The van der Waals surface area contributed by atoms with E-state index in [0.29, 0.717) is 11.4 Å². The molecular formula is C25H25N5O5. The summed E-state index contributed by atoms with van der Waals surface area (Å²) in [5.74, 6) is -2.72. The van der Waals surface area contributed by atoms with Crippen molar-refractivity contribution in [2.45, 2.75) is 26.9 Å². The molecule has 4 N–H and O–H groups in total. The van der Waals surface area contributed by atoms with E-state index >= 15 is 0 Å². The maximum atomic E-state index is 12.1. The van der Waals surface area contributed by atoms with E-state index in [1.165, 1.54) is 6.21 Å². The Hall–Kier alpha value is -4.73. The Morgan fingerprint density at radius 1 is 0.800 bits per heavy atom. The molecule has 3 aromatic rings. The number of aryl methyl sites for hydroxylation is 2. The van der Waals surface area contributed by atoms with Crippen LogP contribution in [0.25, 0.3) is 0 Å². The number of benzene rings is 2. The minimum atomic E-state index is -0.925. The Kier molecular flexibility index (Phi) is 8.49. The first-order valence-corrected chi connectivity index (χ1v) is 10.7. The van der Waals surface area contributed by atoms with Gasteiger partial charge in [-0.15, -0.1) is 0 Å². The van der Waals surface area contributed by atoms with Gasteiger partial charge in [-0.05, 0) is 54.8 Å². The van der Waals surface area contributed by atoms with E-state index in [1.807, 2.05) is 50.2 Å². The molecule has 0 saturated heterocycles. The van der Waals surface area contributed by atoms with Gasteiger partial charge in [0, 0.05) is 12.2 Å². The van der Waals surface area contributed by atoms with Crippen LogP contribution in [0, 0.1) is 13.8 Å². The molecule has 1 aromatic heterocycles. The predicted molar refractivity (Wildman–Crippen MR) is 129 cm³/mol. The standard InChI is InChI=1S/C25H25N5O5/c1-16-8-9-19(12-17(16)2)29-24(33)22(31)27-14-20-10-11-21(35-20)15-28-30-25(34)23(32)26-13-18-6-4-3-5-7-18/h3-12,15H,13-14H2,1-2H3,(H,26,32)(H,27,31)(H,29,33)(H,30,34)/b28-15+. The summed E-state index contributed by atoms with van der Waals surface area (Å²) < 4.78 is 5.46. The second-order valence-corrected chi connectivity index (χ2v) is 7.61. The largest absolute Gasteiger partial charge is 0.458 e. The fourth-order valence-electron chi connectivity index (χ4n) is 2.88. The zero-order chi connectivity index (χ0) is 25.2. The Morgan fingerprint density at radius 2 is 1.51 bits per heavy atom. The van der Waals surface area contributed by atoms with Crippen molar-refractivity contribution in [1.29, 1.82) is 0 Å². The summed E-state index contributed by atoms with van der Waals surface area (Å²) in [6.45, 7) is 4.05. The van der Waals surface area contributed by atoms with Crippen molar-refractivity contribution in [2.24, 2.45) is 5.10 Å². The number of nitrogens with one attached hydrogen (secondary N) is 4. The third-order valence-corrected chi connectivity index (χ3v) is 4.94. The highest BCUT2D eigenvalue weighted by atomic mass is 16.3. The first-order chi connectivity index (χ1) is 16.8. The molecular weight excluding hydrogens is 450 g/mol. The molecule has 0 aliphatic carbocycles. The van der Waals surface area contributed by atoms with Crippen molar-refractivity contribution in [1.82, 2.24) is 16.1 Å². The molecule has 0 aliphatic rings. The van der Waals surface area contributed by atoms with Gasteiger partial charge in [0.15, 0.2) is 0 Å². The molecule has 0 aliphatic heterocycles. The van der Waals surface area contributed by atoms with E-state index in [1.54, 1.807) is 24.3 Å². The second-order valence-electron chi connectivity index (χ2n) is 7.61. The lowest BCUT2D eigenvalue weighted by molar-refractivity contribution is -0.139. The van der Waals surface area contributed by atoms with E-state index < -0.39 is 23.6 Å². The van der Waals surface area contributed by atoms with Crippen LogP contribution in [0.5, 0.6) is 0 Å². The van der Waals surface area contributed by atoms with Gasteiger partial charge in [0.25, 0.3) is 0 Å². The van der Waals surface area contributed by atoms with Gasteiger partial charge >= 0.3 is 23.6 Å². The van der Waals surface area contributed by atoms with Gasteiger partial charge in [-0.1, -0.05) is 36.4 Å². The summed E-state index contributed by atoms with van der Waals surface area (Å²) in [6, 6.07) is 17.7. The summed E-state index contributed by atoms with van der Waals surface area (Å²) in [7, 11) is 0. The van der Waals surface area contributed by atoms with Gasteiger partial charge in [-0.2, -0.15) is 5.10 Å². The number of rotatable bonds is 7. The lowest BCUT2D eigenvalue weighted by atomic mass is 10.1. The maximum Gasteiger partial charge on any atom is 0.329 e. The number of carbonyl (C=O) groups is 4. The predicted octanol–water partition coefficient (Wildman–Crippen LogP) is 1.92. The van der Waals surface area contributed by atoms with E-state index in [2.05, 4.69) is 26.5 Å². The fraction of sp³-hybridized carbons (Fsp3) is 0.160. The fourth-order valence-corrected chi connectivity index (χ4v) is 2.88. The summed E-state index contributed by atoms with van der Waals surface area (Å²) in [4.78, 5) is 47.8. The molecule has 35 heavy (non-hydrogen) atoms. The van der Waals surface area contributed by atoms with Crippen LogP contribution in [0.2, 0.25) is 0 Å². The van der Waals surface area contributed by atoms with Crippen molar-refractivity contribution < 1.29 is 23.6 Å². The molecule has 0 fully saturated rings. The second kappa shape index (κ2) is 11.9. The van der Waals surface area contributed by atoms with Crippen LogP contribution < -0.4 is 21.4 Å². The molecule has 2 aromatic carbocycles. The highest BCUT2D eigenvalue weighted by Crippen LogP contribution is 2.14. The van der Waals surface area contributed by atoms with Crippen LogP contribution in [0.15, 0.2) is 70.2 Å². The van der Waals surface area contributed by atoms with Crippen LogP contribution in [0.1, 0.15) is 28.2 Å². The number of amides is 4. The Labute approximate surface area is 201 Å². The normalized spacial score (nSPS) is 10.6. The van der Waals surface area contributed by atoms with Crippen LogP contribution >= 0.6 is 0 Å². The zero-order valence-electron chi connectivity index (χ0n) is 19.3. The highest BCUT2D eigenvalue weighted by molar-refractivity contribution is 6.39. The van der Waals surface area contributed by atoms with Crippen molar-refractivity contribution in [3.8, 4) is 0 Å². The number of anilines is 1. The molecule has 0 saturated carbocycles. The van der Waals surface area contributed by atoms with Gasteiger partial charge in [-0.3, -0.25) is 19.2 Å². The van der Waals surface area contributed by atoms with Gasteiger partial charge in [0.2, 0.25) is 0 Å². The molecule has 1 heterocycles. The molecule has 0 spiro atoms. The van der Waals surface area contributed by atoms with E-state index in [0.717, 1.165) is 16.7 Å². The molecule has 4 amide bonds. The topological polar surface area (TPSA) is 142 Å².